The first-order valence-corrected chi connectivity index (χ1v) is 14.5. The Bertz CT molecular complexity index is 1470. The highest BCUT2D eigenvalue weighted by molar-refractivity contribution is 6.30. The highest BCUT2D eigenvalue weighted by Gasteiger charge is 2.21. The first-order chi connectivity index (χ1) is 20.4. The number of hydrogen-bond donors (Lipinski definition) is 3. The van der Waals surface area contributed by atoms with Gasteiger partial charge in [-0.05, 0) is 72.4 Å². The predicted octanol–water partition coefficient (Wildman–Crippen LogP) is 7.04. The van der Waals surface area contributed by atoms with E-state index in [9.17, 15) is 14.7 Å². The van der Waals surface area contributed by atoms with E-state index in [0.29, 0.717) is 48.0 Å². The highest BCUT2D eigenvalue weighted by Crippen LogP contribution is 2.27. The average Bonchev–Trinajstić information content (AvgIpc) is 3.46. The van der Waals surface area contributed by atoms with Crippen molar-refractivity contribution in [3.63, 3.8) is 0 Å². The van der Waals surface area contributed by atoms with Crippen molar-refractivity contribution in [1.29, 1.82) is 0 Å². The minimum Gasteiger partial charge on any atom is -0.497 e. The molecule has 1 aromatic heterocycles. The molecule has 0 aliphatic carbocycles. The topological polar surface area (TPSA) is 114 Å². The fourth-order valence-electron chi connectivity index (χ4n) is 4.58. The van der Waals surface area contributed by atoms with Crippen LogP contribution in [0.2, 0.25) is 5.02 Å². The molecule has 42 heavy (non-hydrogen) atoms. The SMILES string of the molecule is CCCCOc1ccc(C(Cc2ncc(-c3ccc(Cl)cc3)[nH]2)NC(=O)CCCc2ccc(OC)cc2)cc1C(=O)O. The molecule has 3 N–H and O–H groups in total. The molecule has 0 fully saturated rings. The van der Waals surface area contributed by atoms with E-state index in [0.717, 1.165) is 41.8 Å². The van der Waals surface area contributed by atoms with Gasteiger partial charge >= 0.3 is 5.97 Å². The largest absolute Gasteiger partial charge is 0.497 e. The lowest BCUT2D eigenvalue weighted by Crippen LogP contribution is -2.30. The quantitative estimate of drug-likeness (QED) is 0.128. The molecule has 0 bridgehead atoms. The molecule has 1 atom stereocenters. The Kier molecular flexibility index (Phi) is 11.0. The first-order valence-electron chi connectivity index (χ1n) is 14.1. The number of rotatable bonds is 15. The Morgan fingerprint density at radius 1 is 1.05 bits per heavy atom. The van der Waals surface area contributed by atoms with E-state index in [1.807, 2.05) is 55.5 Å². The van der Waals surface area contributed by atoms with Crippen molar-refractivity contribution < 1.29 is 24.2 Å². The minimum absolute atomic E-state index is 0.0589. The molecule has 4 rings (SSSR count). The molecule has 220 valence electrons. The number of unbranched alkanes of at least 4 members (excludes halogenated alkanes) is 1. The summed E-state index contributed by atoms with van der Waals surface area (Å²) in [6, 6.07) is 19.8. The fraction of sp³-hybridized carbons (Fsp3) is 0.303. The molecule has 1 heterocycles. The third-order valence-corrected chi connectivity index (χ3v) is 7.19. The first kappa shape index (κ1) is 30.7. The zero-order chi connectivity index (χ0) is 29.9. The number of halogens is 1. The standard InChI is InChI=1S/C33H36ClN3O5/c1-3-4-18-42-30-17-12-24(19-27(30)33(39)40)28(20-31-35-21-29(36-31)23-10-13-25(34)14-11-23)37-32(38)7-5-6-22-8-15-26(41-2)16-9-22/h8-17,19,21,28H,3-7,18,20H2,1-2H3,(H,35,36)(H,37,38)(H,39,40). The van der Waals surface area contributed by atoms with Crippen molar-refractivity contribution >= 4 is 23.5 Å². The second-order valence-electron chi connectivity index (χ2n) is 10.0. The second kappa shape index (κ2) is 15.1. The number of imidazole rings is 1. The Morgan fingerprint density at radius 3 is 2.50 bits per heavy atom. The monoisotopic (exact) mass is 589 g/mol. The summed E-state index contributed by atoms with van der Waals surface area (Å²) in [7, 11) is 1.63. The summed E-state index contributed by atoms with van der Waals surface area (Å²) in [6.07, 6.45) is 5.57. The van der Waals surface area contributed by atoms with Crippen LogP contribution in [0.25, 0.3) is 11.3 Å². The van der Waals surface area contributed by atoms with E-state index in [1.54, 1.807) is 31.5 Å². The number of methoxy groups -OCH3 is 1. The number of benzene rings is 3. The molecule has 0 aliphatic rings. The van der Waals surface area contributed by atoms with Crippen molar-refractivity contribution in [3.8, 4) is 22.8 Å². The molecule has 0 radical (unpaired) electrons. The third-order valence-electron chi connectivity index (χ3n) is 6.94. The van der Waals surface area contributed by atoms with Gasteiger partial charge in [-0.15, -0.1) is 0 Å². The van der Waals surface area contributed by atoms with Crippen molar-refractivity contribution in [2.45, 2.75) is 51.5 Å². The summed E-state index contributed by atoms with van der Waals surface area (Å²) in [5.74, 6) is 0.545. The van der Waals surface area contributed by atoms with Gasteiger partial charge < -0.3 is 24.9 Å². The van der Waals surface area contributed by atoms with E-state index in [2.05, 4.69) is 15.3 Å². The number of aromatic nitrogens is 2. The van der Waals surface area contributed by atoms with E-state index in [1.165, 1.54) is 0 Å². The number of H-pyrrole nitrogens is 1. The molecule has 0 spiro atoms. The van der Waals surface area contributed by atoms with Gasteiger partial charge in [0.15, 0.2) is 0 Å². The van der Waals surface area contributed by atoms with Gasteiger partial charge in [0.2, 0.25) is 5.91 Å². The van der Waals surface area contributed by atoms with Crippen LogP contribution in [0.4, 0.5) is 0 Å². The Balaban J connectivity index is 1.51. The van der Waals surface area contributed by atoms with Crippen LogP contribution >= 0.6 is 11.6 Å². The maximum atomic E-state index is 13.1. The lowest BCUT2D eigenvalue weighted by Gasteiger charge is -2.20. The minimum atomic E-state index is -1.09. The number of aromatic amines is 1. The van der Waals surface area contributed by atoms with Gasteiger partial charge in [-0.1, -0.05) is 55.3 Å². The Labute approximate surface area is 251 Å². The lowest BCUT2D eigenvalue weighted by atomic mass is 9.99. The van der Waals surface area contributed by atoms with Gasteiger partial charge in [0.1, 0.15) is 22.9 Å². The fourth-order valence-corrected chi connectivity index (χ4v) is 4.71. The molecule has 0 saturated carbocycles. The second-order valence-corrected chi connectivity index (χ2v) is 10.5. The van der Waals surface area contributed by atoms with Crippen LogP contribution in [0.1, 0.15) is 66.0 Å². The van der Waals surface area contributed by atoms with E-state index < -0.39 is 12.0 Å². The Morgan fingerprint density at radius 2 is 1.81 bits per heavy atom. The molecule has 1 unspecified atom stereocenters. The molecule has 8 nitrogen and oxygen atoms in total. The number of aryl methyl sites for hydroxylation is 1. The van der Waals surface area contributed by atoms with E-state index in [-0.39, 0.29) is 11.5 Å². The lowest BCUT2D eigenvalue weighted by molar-refractivity contribution is -0.121. The van der Waals surface area contributed by atoms with Gasteiger partial charge in [-0.25, -0.2) is 9.78 Å². The van der Waals surface area contributed by atoms with Crippen molar-refractivity contribution in [2.75, 3.05) is 13.7 Å². The summed E-state index contributed by atoms with van der Waals surface area (Å²) in [6.45, 7) is 2.48. The summed E-state index contributed by atoms with van der Waals surface area (Å²) in [5, 5.41) is 13.7. The number of ether oxygens (including phenoxy) is 2. The number of carbonyl (C=O) groups is 2. The number of nitrogens with one attached hydrogen (secondary N) is 2. The summed E-state index contributed by atoms with van der Waals surface area (Å²) >= 11 is 6.03. The number of aromatic carboxylic acids is 1. The zero-order valence-corrected chi connectivity index (χ0v) is 24.6. The van der Waals surface area contributed by atoms with Crippen LogP contribution in [-0.4, -0.2) is 40.7 Å². The number of carbonyl (C=O) groups excluding carboxylic acids is 1. The molecule has 4 aromatic rings. The average molecular weight is 590 g/mol. The molecule has 9 heteroatoms. The zero-order valence-electron chi connectivity index (χ0n) is 23.9. The van der Waals surface area contributed by atoms with Gasteiger partial charge in [0.05, 0.1) is 31.6 Å². The maximum absolute atomic E-state index is 13.1. The molecule has 1 amide bonds. The summed E-state index contributed by atoms with van der Waals surface area (Å²) in [4.78, 5) is 33.1. The Hall–Kier alpha value is -4.30. The third kappa shape index (κ3) is 8.60. The van der Waals surface area contributed by atoms with Crippen molar-refractivity contribution in [1.82, 2.24) is 15.3 Å². The van der Waals surface area contributed by atoms with Gasteiger partial charge in [0, 0.05) is 17.9 Å². The van der Waals surface area contributed by atoms with Crippen LogP contribution in [0.3, 0.4) is 0 Å². The van der Waals surface area contributed by atoms with E-state index in [4.69, 9.17) is 21.1 Å². The van der Waals surface area contributed by atoms with Gasteiger partial charge in [-0.3, -0.25) is 4.79 Å². The van der Waals surface area contributed by atoms with Gasteiger partial charge in [-0.2, -0.15) is 0 Å². The number of amides is 1. The predicted molar refractivity (Wildman–Crippen MR) is 163 cm³/mol. The van der Waals surface area contributed by atoms with Crippen LogP contribution < -0.4 is 14.8 Å². The van der Waals surface area contributed by atoms with Crippen LogP contribution in [0.15, 0.2) is 72.9 Å². The number of nitrogens with zero attached hydrogens (tertiary/aromatic N) is 1. The molecule has 0 saturated heterocycles. The molecular weight excluding hydrogens is 554 g/mol. The van der Waals surface area contributed by atoms with Crippen molar-refractivity contribution in [2.24, 2.45) is 0 Å². The smallest absolute Gasteiger partial charge is 0.339 e. The summed E-state index contributed by atoms with van der Waals surface area (Å²) < 4.78 is 11.0. The van der Waals surface area contributed by atoms with Gasteiger partial charge in [0.25, 0.3) is 0 Å². The molecular formula is C33H36ClN3O5. The summed E-state index contributed by atoms with van der Waals surface area (Å²) in [5.41, 5.74) is 3.58. The normalized spacial score (nSPS) is 11.6. The molecule has 0 aliphatic heterocycles. The van der Waals surface area contributed by atoms with Crippen LogP contribution in [0.5, 0.6) is 11.5 Å². The number of hydrogen-bond acceptors (Lipinski definition) is 5. The maximum Gasteiger partial charge on any atom is 0.339 e. The van der Waals surface area contributed by atoms with Crippen molar-refractivity contribution in [3.05, 3.63) is 100 Å². The number of carboxylic acids is 1. The van der Waals surface area contributed by atoms with Crippen LogP contribution in [0, 0.1) is 0 Å². The van der Waals surface area contributed by atoms with Crippen LogP contribution in [-0.2, 0) is 17.6 Å². The van der Waals surface area contributed by atoms with E-state index >= 15 is 0 Å². The molecule has 3 aromatic carbocycles. The highest BCUT2D eigenvalue weighted by atomic mass is 35.5. The number of carboxylic acid groups (broad SMARTS) is 1.